The fourth-order valence-corrected chi connectivity index (χ4v) is 2.52. The number of hydrogen-bond donors (Lipinski definition) is 0. The van der Waals surface area contributed by atoms with E-state index in [-0.39, 0.29) is 12.7 Å². The van der Waals surface area contributed by atoms with Crippen LogP contribution in [-0.4, -0.2) is 30.7 Å². The van der Waals surface area contributed by atoms with Gasteiger partial charge in [0.2, 0.25) is 12.7 Å². The van der Waals surface area contributed by atoms with E-state index in [9.17, 15) is 4.79 Å². The first-order chi connectivity index (χ1) is 9.72. The highest BCUT2D eigenvalue weighted by molar-refractivity contribution is 5.91. The summed E-state index contributed by atoms with van der Waals surface area (Å²) in [6, 6.07) is 5.69. The summed E-state index contributed by atoms with van der Waals surface area (Å²) in [5, 5.41) is 0. The number of carbonyl (C=O) groups is 1. The largest absolute Gasteiger partial charge is 0.454 e. The Morgan fingerprint density at radius 1 is 1.25 bits per heavy atom. The van der Waals surface area contributed by atoms with Gasteiger partial charge in [-0.2, -0.15) is 0 Å². The fourth-order valence-electron chi connectivity index (χ4n) is 2.52. The Labute approximate surface area is 119 Å². The first-order valence-electron chi connectivity index (χ1n) is 7.09. The summed E-state index contributed by atoms with van der Waals surface area (Å²) in [6.45, 7) is 4.24. The maximum Gasteiger partial charge on any atom is 0.246 e. The van der Waals surface area contributed by atoms with Crippen molar-refractivity contribution in [2.75, 3.05) is 19.9 Å². The highest BCUT2D eigenvalue weighted by Gasteiger charge is 2.18. The molecule has 1 aromatic rings. The molecule has 4 nitrogen and oxygen atoms in total. The predicted octanol–water partition coefficient (Wildman–Crippen LogP) is 2.69. The molecule has 0 atom stereocenters. The number of amides is 1. The van der Waals surface area contributed by atoms with Crippen molar-refractivity contribution >= 4 is 12.0 Å². The van der Waals surface area contributed by atoms with Gasteiger partial charge in [-0.05, 0) is 42.5 Å². The Morgan fingerprint density at radius 2 is 2.00 bits per heavy atom. The van der Waals surface area contributed by atoms with Gasteiger partial charge in [0.15, 0.2) is 11.5 Å². The van der Waals surface area contributed by atoms with Gasteiger partial charge >= 0.3 is 0 Å². The van der Waals surface area contributed by atoms with Crippen molar-refractivity contribution in [1.82, 2.24) is 4.90 Å². The van der Waals surface area contributed by atoms with E-state index in [0.29, 0.717) is 0 Å². The molecule has 1 amide bonds. The van der Waals surface area contributed by atoms with Crippen LogP contribution in [0, 0.1) is 5.92 Å². The fraction of sp³-hybridized carbons (Fsp3) is 0.438. The molecule has 0 radical (unpaired) electrons. The number of rotatable bonds is 2. The molecule has 1 aromatic carbocycles. The lowest BCUT2D eigenvalue weighted by Crippen LogP contribution is -2.36. The van der Waals surface area contributed by atoms with Gasteiger partial charge in [0.05, 0.1) is 0 Å². The minimum Gasteiger partial charge on any atom is -0.454 e. The third-order valence-electron chi connectivity index (χ3n) is 3.91. The molecule has 1 saturated heterocycles. The second-order valence-electron chi connectivity index (χ2n) is 5.45. The summed E-state index contributed by atoms with van der Waals surface area (Å²) in [6.07, 6.45) is 5.68. The molecular formula is C16H19NO3. The molecule has 4 heteroatoms. The summed E-state index contributed by atoms with van der Waals surface area (Å²) >= 11 is 0. The maximum absolute atomic E-state index is 12.1. The molecule has 0 saturated carbocycles. The Kier molecular flexibility index (Phi) is 3.63. The van der Waals surface area contributed by atoms with Crippen LogP contribution in [0.4, 0.5) is 0 Å². The number of ether oxygens (including phenoxy) is 2. The van der Waals surface area contributed by atoms with Crippen molar-refractivity contribution in [2.24, 2.45) is 5.92 Å². The van der Waals surface area contributed by atoms with Gasteiger partial charge < -0.3 is 14.4 Å². The van der Waals surface area contributed by atoms with Gasteiger partial charge in [0, 0.05) is 19.2 Å². The minimum atomic E-state index is 0.0922. The van der Waals surface area contributed by atoms with Crippen molar-refractivity contribution < 1.29 is 14.3 Å². The third kappa shape index (κ3) is 2.79. The molecule has 3 rings (SSSR count). The first-order valence-corrected chi connectivity index (χ1v) is 7.09. The van der Waals surface area contributed by atoms with Crippen LogP contribution in [0.3, 0.4) is 0 Å². The van der Waals surface area contributed by atoms with Gasteiger partial charge in [0.25, 0.3) is 0 Å². The molecule has 0 unspecified atom stereocenters. The number of piperidine rings is 1. The van der Waals surface area contributed by atoms with Crippen molar-refractivity contribution in [1.29, 1.82) is 0 Å². The van der Waals surface area contributed by atoms with Gasteiger partial charge in [-0.3, -0.25) is 4.79 Å². The number of hydrogen-bond acceptors (Lipinski definition) is 3. The normalized spacial score (nSPS) is 18.8. The van der Waals surface area contributed by atoms with Crippen LogP contribution in [-0.2, 0) is 4.79 Å². The van der Waals surface area contributed by atoms with E-state index in [1.807, 2.05) is 29.2 Å². The van der Waals surface area contributed by atoms with E-state index in [0.717, 1.165) is 48.9 Å². The topological polar surface area (TPSA) is 38.8 Å². The van der Waals surface area contributed by atoms with Crippen LogP contribution >= 0.6 is 0 Å². The van der Waals surface area contributed by atoms with Gasteiger partial charge in [-0.25, -0.2) is 0 Å². The van der Waals surface area contributed by atoms with Crippen molar-refractivity contribution in [3.05, 3.63) is 29.8 Å². The first kappa shape index (κ1) is 13.0. The molecule has 1 fully saturated rings. The predicted molar refractivity (Wildman–Crippen MR) is 76.6 cm³/mol. The lowest BCUT2D eigenvalue weighted by Gasteiger charge is -2.29. The van der Waals surface area contributed by atoms with E-state index in [4.69, 9.17) is 9.47 Å². The smallest absolute Gasteiger partial charge is 0.246 e. The Balaban J connectivity index is 1.63. The van der Waals surface area contributed by atoms with Gasteiger partial charge in [-0.1, -0.05) is 13.0 Å². The zero-order valence-electron chi connectivity index (χ0n) is 11.7. The van der Waals surface area contributed by atoms with Gasteiger partial charge in [0.1, 0.15) is 0 Å². The van der Waals surface area contributed by atoms with Crippen LogP contribution in [0.25, 0.3) is 6.08 Å². The lowest BCUT2D eigenvalue weighted by atomic mass is 9.99. The van der Waals surface area contributed by atoms with Crippen molar-refractivity contribution in [3.63, 3.8) is 0 Å². The molecule has 106 valence electrons. The highest BCUT2D eigenvalue weighted by Crippen LogP contribution is 2.32. The van der Waals surface area contributed by atoms with Crippen molar-refractivity contribution in [3.8, 4) is 11.5 Å². The van der Waals surface area contributed by atoms with E-state index >= 15 is 0 Å². The standard InChI is InChI=1S/C16H19NO3/c1-12-6-8-17(9-7-12)16(18)5-3-13-2-4-14-15(10-13)20-11-19-14/h2-5,10,12H,6-9,11H2,1H3. The van der Waals surface area contributed by atoms with E-state index in [1.54, 1.807) is 6.08 Å². The summed E-state index contributed by atoms with van der Waals surface area (Å²) in [4.78, 5) is 14.0. The van der Waals surface area contributed by atoms with E-state index in [1.165, 1.54) is 0 Å². The average molecular weight is 273 g/mol. The number of fused-ring (bicyclic) bond motifs is 1. The molecular weight excluding hydrogens is 254 g/mol. The van der Waals surface area contributed by atoms with Crippen LogP contribution < -0.4 is 9.47 Å². The van der Waals surface area contributed by atoms with E-state index in [2.05, 4.69) is 6.92 Å². The summed E-state index contributed by atoms with van der Waals surface area (Å²) in [5.41, 5.74) is 0.952. The van der Waals surface area contributed by atoms with Crippen LogP contribution in [0.15, 0.2) is 24.3 Å². The second kappa shape index (κ2) is 5.57. The number of likely N-dealkylation sites (tertiary alicyclic amines) is 1. The molecule has 2 aliphatic rings. The SMILES string of the molecule is CC1CCN(C(=O)C=Cc2ccc3c(c2)OCO3)CC1. The number of benzene rings is 1. The summed E-state index contributed by atoms with van der Waals surface area (Å²) in [5.74, 6) is 2.33. The quantitative estimate of drug-likeness (QED) is 0.778. The van der Waals surface area contributed by atoms with Crippen LogP contribution in [0.1, 0.15) is 25.3 Å². The third-order valence-corrected chi connectivity index (χ3v) is 3.91. The number of nitrogens with zero attached hydrogens (tertiary/aromatic N) is 1. The van der Waals surface area contributed by atoms with E-state index < -0.39 is 0 Å². The maximum atomic E-state index is 12.1. The Hall–Kier alpha value is -1.97. The van der Waals surface area contributed by atoms with Crippen LogP contribution in [0.2, 0.25) is 0 Å². The minimum absolute atomic E-state index is 0.0922. The molecule has 0 aromatic heterocycles. The second-order valence-corrected chi connectivity index (χ2v) is 5.45. The number of carbonyl (C=O) groups excluding carboxylic acids is 1. The molecule has 0 aliphatic carbocycles. The highest BCUT2D eigenvalue weighted by atomic mass is 16.7. The summed E-state index contributed by atoms with van der Waals surface area (Å²) in [7, 11) is 0. The van der Waals surface area contributed by atoms with Crippen LogP contribution in [0.5, 0.6) is 11.5 Å². The molecule has 2 aliphatic heterocycles. The Bertz CT molecular complexity index is 531. The molecule has 20 heavy (non-hydrogen) atoms. The lowest BCUT2D eigenvalue weighted by molar-refractivity contribution is -0.127. The molecule has 0 spiro atoms. The average Bonchev–Trinajstić information content (AvgIpc) is 2.93. The Morgan fingerprint density at radius 3 is 2.80 bits per heavy atom. The zero-order valence-corrected chi connectivity index (χ0v) is 11.7. The zero-order chi connectivity index (χ0) is 13.9. The van der Waals surface area contributed by atoms with Crippen molar-refractivity contribution in [2.45, 2.75) is 19.8 Å². The molecule has 0 N–H and O–H groups in total. The monoisotopic (exact) mass is 273 g/mol. The molecule has 2 heterocycles. The van der Waals surface area contributed by atoms with Gasteiger partial charge in [-0.15, -0.1) is 0 Å². The molecule has 0 bridgehead atoms. The summed E-state index contributed by atoms with van der Waals surface area (Å²) < 4.78 is 10.6.